The standard InChI is InChI=1S/C10H14N4O4/c1-4-5-14(6-7(15)16)8-11-9(17-2)13-10(12-8)18-3/h4H,1,5-6H2,2-3H3,(H,15,16). The Hall–Kier alpha value is -2.38. The lowest BCUT2D eigenvalue weighted by Crippen LogP contribution is -2.31. The van der Waals surface area contributed by atoms with Crippen LogP contribution in [-0.4, -0.2) is 53.3 Å². The molecule has 0 fully saturated rings. The van der Waals surface area contributed by atoms with Gasteiger partial charge in [0.2, 0.25) is 5.95 Å². The van der Waals surface area contributed by atoms with Crippen molar-refractivity contribution in [1.82, 2.24) is 15.0 Å². The van der Waals surface area contributed by atoms with E-state index in [4.69, 9.17) is 14.6 Å². The highest BCUT2D eigenvalue weighted by molar-refractivity contribution is 5.72. The third-order valence-electron chi connectivity index (χ3n) is 1.91. The summed E-state index contributed by atoms with van der Waals surface area (Å²) in [5, 5.41) is 8.82. The Labute approximate surface area is 104 Å². The Morgan fingerprint density at radius 1 is 1.33 bits per heavy atom. The number of nitrogens with zero attached hydrogens (tertiary/aromatic N) is 4. The minimum Gasteiger partial charge on any atom is -0.480 e. The molecule has 0 unspecified atom stereocenters. The lowest BCUT2D eigenvalue weighted by molar-refractivity contribution is -0.135. The molecule has 18 heavy (non-hydrogen) atoms. The zero-order chi connectivity index (χ0) is 13.5. The molecule has 1 aromatic rings. The quantitative estimate of drug-likeness (QED) is 0.677. The third-order valence-corrected chi connectivity index (χ3v) is 1.91. The van der Waals surface area contributed by atoms with E-state index in [0.29, 0.717) is 0 Å². The number of carbonyl (C=O) groups is 1. The van der Waals surface area contributed by atoms with E-state index < -0.39 is 5.97 Å². The van der Waals surface area contributed by atoms with Gasteiger partial charge in [-0.3, -0.25) is 4.79 Å². The zero-order valence-electron chi connectivity index (χ0n) is 10.2. The molecule has 0 atom stereocenters. The maximum atomic E-state index is 10.8. The number of anilines is 1. The van der Waals surface area contributed by atoms with E-state index in [1.807, 2.05) is 0 Å². The number of rotatable bonds is 7. The highest BCUT2D eigenvalue weighted by Crippen LogP contribution is 2.15. The van der Waals surface area contributed by atoms with Crippen molar-refractivity contribution in [3.8, 4) is 12.0 Å². The average Bonchev–Trinajstić information content (AvgIpc) is 2.37. The predicted octanol–water partition coefficient (Wildman–Crippen LogP) is -0.0342. The Balaban J connectivity index is 3.08. The molecule has 0 aromatic carbocycles. The van der Waals surface area contributed by atoms with Crippen LogP contribution < -0.4 is 14.4 Å². The van der Waals surface area contributed by atoms with Crippen LogP contribution in [0.25, 0.3) is 0 Å². The normalized spacial score (nSPS) is 9.67. The van der Waals surface area contributed by atoms with Crippen molar-refractivity contribution in [3.63, 3.8) is 0 Å². The molecule has 1 rings (SSSR count). The molecule has 0 spiro atoms. The van der Waals surface area contributed by atoms with Crippen molar-refractivity contribution in [1.29, 1.82) is 0 Å². The first-order valence-corrected chi connectivity index (χ1v) is 5.02. The van der Waals surface area contributed by atoms with Crippen molar-refractivity contribution in [2.45, 2.75) is 0 Å². The van der Waals surface area contributed by atoms with Crippen LogP contribution in [0.5, 0.6) is 12.0 Å². The number of ether oxygens (including phenoxy) is 2. The van der Waals surface area contributed by atoms with Crippen LogP contribution in [0.1, 0.15) is 0 Å². The summed E-state index contributed by atoms with van der Waals surface area (Å²) in [5.74, 6) is -0.851. The second kappa shape index (κ2) is 6.38. The number of carboxylic acids is 1. The highest BCUT2D eigenvalue weighted by atomic mass is 16.5. The van der Waals surface area contributed by atoms with Gasteiger partial charge in [0.1, 0.15) is 6.54 Å². The van der Waals surface area contributed by atoms with Gasteiger partial charge in [-0.05, 0) is 0 Å². The summed E-state index contributed by atoms with van der Waals surface area (Å²) in [6.45, 7) is 3.57. The maximum Gasteiger partial charge on any atom is 0.324 e. The van der Waals surface area contributed by atoms with Crippen LogP contribution in [0, 0.1) is 0 Å². The van der Waals surface area contributed by atoms with Gasteiger partial charge in [0.15, 0.2) is 0 Å². The van der Waals surface area contributed by atoms with Gasteiger partial charge >= 0.3 is 18.0 Å². The topological polar surface area (TPSA) is 97.7 Å². The van der Waals surface area contributed by atoms with E-state index in [9.17, 15) is 4.79 Å². The second-order valence-electron chi connectivity index (χ2n) is 3.17. The molecule has 0 amide bonds. The van der Waals surface area contributed by atoms with Crippen LogP contribution in [0.3, 0.4) is 0 Å². The lowest BCUT2D eigenvalue weighted by Gasteiger charge is -2.18. The second-order valence-corrected chi connectivity index (χ2v) is 3.17. The predicted molar refractivity (Wildman–Crippen MR) is 63.0 cm³/mol. The summed E-state index contributed by atoms with van der Waals surface area (Å²) in [7, 11) is 2.79. The Kier molecular flexibility index (Phi) is 4.85. The number of hydrogen-bond acceptors (Lipinski definition) is 7. The molecule has 0 bridgehead atoms. The summed E-state index contributed by atoms with van der Waals surface area (Å²) in [6, 6.07) is 0.104. The van der Waals surface area contributed by atoms with Gasteiger partial charge in [0.05, 0.1) is 14.2 Å². The monoisotopic (exact) mass is 254 g/mol. The molecule has 1 N–H and O–H groups in total. The first kappa shape index (κ1) is 13.7. The molecule has 8 nitrogen and oxygen atoms in total. The van der Waals surface area contributed by atoms with Gasteiger partial charge in [-0.25, -0.2) is 0 Å². The molecule has 98 valence electrons. The smallest absolute Gasteiger partial charge is 0.324 e. The van der Waals surface area contributed by atoms with Gasteiger partial charge in [-0.1, -0.05) is 6.08 Å². The molecule has 0 saturated heterocycles. The van der Waals surface area contributed by atoms with Gasteiger partial charge in [-0.15, -0.1) is 11.6 Å². The van der Waals surface area contributed by atoms with Crippen LogP contribution >= 0.6 is 0 Å². The third kappa shape index (κ3) is 3.58. The Bertz CT molecular complexity index is 416. The summed E-state index contributed by atoms with van der Waals surface area (Å²) in [4.78, 5) is 23.9. The summed E-state index contributed by atoms with van der Waals surface area (Å²) >= 11 is 0. The first-order valence-electron chi connectivity index (χ1n) is 5.02. The summed E-state index contributed by atoms with van der Waals surface area (Å²) in [6.07, 6.45) is 1.55. The van der Waals surface area contributed by atoms with Crippen LogP contribution in [0.4, 0.5) is 5.95 Å². The number of methoxy groups -OCH3 is 2. The SMILES string of the molecule is C=CCN(CC(=O)O)c1nc(OC)nc(OC)n1. The first-order chi connectivity index (χ1) is 8.60. The van der Waals surface area contributed by atoms with E-state index in [1.165, 1.54) is 19.1 Å². The fraction of sp³-hybridized carbons (Fsp3) is 0.400. The molecule has 0 aliphatic carbocycles. The molecule has 0 aliphatic rings. The van der Waals surface area contributed by atoms with E-state index in [-0.39, 0.29) is 31.1 Å². The molecule has 8 heteroatoms. The van der Waals surface area contributed by atoms with Gasteiger partial charge in [0.25, 0.3) is 0 Å². The fourth-order valence-corrected chi connectivity index (χ4v) is 1.19. The fourth-order valence-electron chi connectivity index (χ4n) is 1.19. The van der Waals surface area contributed by atoms with E-state index in [1.54, 1.807) is 6.08 Å². The van der Waals surface area contributed by atoms with Crippen LogP contribution in [0.2, 0.25) is 0 Å². The van der Waals surface area contributed by atoms with Crippen molar-refractivity contribution in [2.24, 2.45) is 0 Å². The molecule has 0 radical (unpaired) electrons. The molecular weight excluding hydrogens is 240 g/mol. The molecular formula is C10H14N4O4. The van der Waals surface area contributed by atoms with Crippen molar-refractivity contribution in [3.05, 3.63) is 12.7 Å². The van der Waals surface area contributed by atoms with Crippen LogP contribution in [0.15, 0.2) is 12.7 Å². The summed E-state index contributed by atoms with van der Waals surface area (Å²) < 4.78 is 9.78. The van der Waals surface area contributed by atoms with E-state index >= 15 is 0 Å². The van der Waals surface area contributed by atoms with Crippen LogP contribution in [-0.2, 0) is 4.79 Å². The van der Waals surface area contributed by atoms with E-state index in [2.05, 4.69) is 21.5 Å². The lowest BCUT2D eigenvalue weighted by atomic mass is 10.5. The van der Waals surface area contributed by atoms with Gasteiger partial charge < -0.3 is 19.5 Å². The Morgan fingerprint density at radius 3 is 2.28 bits per heavy atom. The van der Waals surface area contributed by atoms with Gasteiger partial charge in [0, 0.05) is 6.54 Å². The number of carboxylic acid groups (broad SMARTS) is 1. The molecule has 0 aliphatic heterocycles. The minimum atomic E-state index is -1.00. The maximum absolute atomic E-state index is 10.8. The zero-order valence-corrected chi connectivity index (χ0v) is 10.2. The number of aromatic nitrogens is 3. The minimum absolute atomic E-state index is 0.0521. The molecule has 1 aromatic heterocycles. The molecule has 1 heterocycles. The largest absolute Gasteiger partial charge is 0.480 e. The van der Waals surface area contributed by atoms with E-state index in [0.717, 1.165) is 0 Å². The average molecular weight is 254 g/mol. The van der Waals surface area contributed by atoms with Gasteiger partial charge in [-0.2, -0.15) is 9.97 Å². The van der Waals surface area contributed by atoms with Crippen molar-refractivity contribution < 1.29 is 19.4 Å². The Morgan fingerprint density at radius 2 is 1.89 bits per heavy atom. The van der Waals surface area contributed by atoms with Crippen molar-refractivity contribution >= 4 is 11.9 Å². The van der Waals surface area contributed by atoms with Crippen molar-refractivity contribution in [2.75, 3.05) is 32.2 Å². The highest BCUT2D eigenvalue weighted by Gasteiger charge is 2.15. The molecule has 0 saturated carbocycles. The number of hydrogen-bond donors (Lipinski definition) is 1. The number of aliphatic carboxylic acids is 1. The summed E-state index contributed by atoms with van der Waals surface area (Å²) in [5.41, 5.74) is 0.